The summed E-state index contributed by atoms with van der Waals surface area (Å²) < 4.78 is 28.1. The second-order valence-corrected chi connectivity index (χ2v) is 12.8. The normalized spacial score (nSPS) is 25.6. The number of nitrogens with one attached hydrogen (secondary N) is 1. The average molecular weight is 575 g/mol. The number of hydrogen-bond acceptors (Lipinski definition) is 11. The fourth-order valence-corrected chi connectivity index (χ4v) is 9.14. The summed E-state index contributed by atoms with van der Waals surface area (Å²) >= 11 is 0. The van der Waals surface area contributed by atoms with E-state index >= 15 is 0 Å². The smallest absolute Gasteiger partial charge is 0.310 e. The second kappa shape index (κ2) is 11.6. The molecule has 9 nitrogen and oxygen atoms in total. The Morgan fingerprint density at radius 2 is 1.72 bits per heavy atom. The van der Waals surface area contributed by atoms with Gasteiger partial charge in [-0.05, 0) is 53.9 Å². The van der Waals surface area contributed by atoms with Crippen LogP contribution in [0.25, 0.3) is 0 Å². The van der Waals surface area contributed by atoms with Crippen LogP contribution < -0.4 is 24.3 Å². The van der Waals surface area contributed by atoms with Gasteiger partial charge in [-0.2, -0.15) is 0 Å². The van der Waals surface area contributed by atoms with Gasteiger partial charge in [0.25, 0.3) is 0 Å². The summed E-state index contributed by atoms with van der Waals surface area (Å²) in [5.74, 6) is 2.06. The molecule has 2 aromatic carbocycles. The number of esters is 1. The lowest BCUT2D eigenvalue weighted by molar-refractivity contribution is -0.141. The Kier molecular flexibility index (Phi) is 7.93. The quantitative estimate of drug-likeness (QED) is 0.260. The molecule has 2 N–H and O–H groups in total. The maximum Gasteiger partial charge on any atom is 0.310 e. The number of benzene rings is 2. The molecule has 0 aromatic heterocycles. The highest BCUT2D eigenvalue weighted by Gasteiger charge is 2.53. The summed E-state index contributed by atoms with van der Waals surface area (Å²) in [5.41, 5.74) is 2.96. The molecular weight excluding hydrogens is 540 g/mol. The van der Waals surface area contributed by atoms with Gasteiger partial charge in [-0.3, -0.25) is 4.79 Å². The van der Waals surface area contributed by atoms with Crippen LogP contribution in [0.4, 0.5) is 0 Å². The lowest BCUT2D eigenvalue weighted by Crippen LogP contribution is -2.43. The van der Waals surface area contributed by atoms with Gasteiger partial charge in [0.1, 0.15) is 0 Å². The number of phenolic OH excluding ortho intramolecular Hbond substituents is 1. The van der Waals surface area contributed by atoms with E-state index in [1.165, 1.54) is 14.2 Å². The van der Waals surface area contributed by atoms with E-state index in [0.29, 0.717) is 23.9 Å². The second-order valence-electron chi connectivity index (χ2n) is 10.2. The number of aromatic hydroxyl groups is 1. The third-order valence-corrected chi connectivity index (χ3v) is 11.0. The third kappa shape index (κ3) is 5.10. The Labute approximate surface area is 236 Å². The highest BCUT2D eigenvalue weighted by atomic mass is 33.1. The number of rotatable bonds is 9. The SMILES string of the molecule is COc1cc([C@@H]2c3cc4c(cc3[C@@H](SSCCCN3CCNCC3)[C@H]3COC(=O)[C@H]23)OCO4)cc(OC)c1O. The van der Waals surface area contributed by atoms with E-state index in [1.807, 2.05) is 27.7 Å². The molecule has 11 heteroatoms. The van der Waals surface area contributed by atoms with Gasteiger partial charge in [-0.15, -0.1) is 0 Å². The van der Waals surface area contributed by atoms with Gasteiger partial charge >= 0.3 is 5.97 Å². The number of ether oxygens (including phenoxy) is 5. The summed E-state index contributed by atoms with van der Waals surface area (Å²) in [6, 6.07) is 7.67. The maximum atomic E-state index is 13.3. The molecule has 1 aliphatic carbocycles. The molecular formula is C28H34N2O7S2. The molecule has 2 fully saturated rings. The molecule has 0 radical (unpaired) electrons. The lowest BCUT2D eigenvalue weighted by Gasteiger charge is -2.38. The summed E-state index contributed by atoms with van der Waals surface area (Å²) in [7, 11) is 6.71. The largest absolute Gasteiger partial charge is 0.502 e. The van der Waals surface area contributed by atoms with Crippen molar-refractivity contribution in [2.75, 3.05) is 66.1 Å². The van der Waals surface area contributed by atoms with Crippen molar-refractivity contribution >= 4 is 27.6 Å². The zero-order valence-corrected chi connectivity index (χ0v) is 23.8. The fourth-order valence-electron chi connectivity index (χ4n) is 6.13. The molecule has 4 atom stereocenters. The van der Waals surface area contributed by atoms with E-state index in [1.54, 1.807) is 12.1 Å². The van der Waals surface area contributed by atoms with E-state index < -0.39 is 0 Å². The number of nitrogens with zero attached hydrogens (tertiary/aromatic N) is 1. The zero-order chi connectivity index (χ0) is 26.9. The van der Waals surface area contributed by atoms with Crippen molar-refractivity contribution in [2.45, 2.75) is 17.6 Å². The minimum absolute atomic E-state index is 0.00756. The summed E-state index contributed by atoms with van der Waals surface area (Å²) in [6.45, 7) is 6.00. The summed E-state index contributed by atoms with van der Waals surface area (Å²) in [4.78, 5) is 15.8. The van der Waals surface area contributed by atoms with E-state index in [-0.39, 0.29) is 41.5 Å². The number of hydrogen-bond donors (Lipinski definition) is 2. The molecule has 0 bridgehead atoms. The van der Waals surface area contributed by atoms with Crippen LogP contribution in [0.3, 0.4) is 0 Å². The van der Waals surface area contributed by atoms with Gasteiger partial charge in [-0.1, -0.05) is 21.6 Å². The molecule has 0 unspecified atom stereocenters. The predicted octanol–water partition coefficient (Wildman–Crippen LogP) is 3.79. The van der Waals surface area contributed by atoms with E-state index in [0.717, 1.165) is 67.3 Å². The van der Waals surface area contributed by atoms with E-state index in [4.69, 9.17) is 23.7 Å². The van der Waals surface area contributed by atoms with Crippen molar-refractivity contribution in [3.63, 3.8) is 0 Å². The van der Waals surface area contributed by atoms with Crippen LogP contribution in [0.15, 0.2) is 24.3 Å². The molecule has 39 heavy (non-hydrogen) atoms. The maximum absolute atomic E-state index is 13.3. The first-order chi connectivity index (χ1) is 19.1. The van der Waals surface area contributed by atoms with Crippen LogP contribution in [0.1, 0.15) is 34.3 Å². The zero-order valence-electron chi connectivity index (χ0n) is 22.1. The number of carbonyl (C=O) groups excluding carboxylic acids is 1. The first-order valence-electron chi connectivity index (χ1n) is 13.4. The number of fused-ring (bicyclic) bond motifs is 3. The van der Waals surface area contributed by atoms with Crippen molar-refractivity contribution in [3.8, 4) is 28.7 Å². The number of methoxy groups -OCH3 is 2. The molecule has 210 valence electrons. The van der Waals surface area contributed by atoms with Crippen LogP contribution in [-0.4, -0.2) is 82.1 Å². The van der Waals surface area contributed by atoms with Gasteiger partial charge in [0.15, 0.2) is 23.0 Å². The molecule has 0 saturated carbocycles. The van der Waals surface area contributed by atoms with Gasteiger partial charge in [0.2, 0.25) is 12.5 Å². The number of cyclic esters (lactones) is 1. The van der Waals surface area contributed by atoms with Crippen molar-refractivity contribution in [3.05, 3.63) is 41.0 Å². The molecule has 4 aliphatic rings. The lowest BCUT2D eigenvalue weighted by atomic mass is 9.67. The van der Waals surface area contributed by atoms with Crippen molar-refractivity contribution in [1.82, 2.24) is 10.2 Å². The van der Waals surface area contributed by atoms with E-state index in [9.17, 15) is 9.90 Å². The highest BCUT2D eigenvalue weighted by molar-refractivity contribution is 8.76. The molecule has 2 aromatic rings. The van der Waals surface area contributed by atoms with Crippen molar-refractivity contribution in [1.29, 1.82) is 0 Å². The van der Waals surface area contributed by atoms with Crippen LogP contribution >= 0.6 is 21.6 Å². The number of piperazine rings is 1. The minimum atomic E-state index is -0.379. The fraction of sp³-hybridized carbons (Fsp3) is 0.536. The Morgan fingerprint density at radius 1 is 1.03 bits per heavy atom. The molecule has 3 aliphatic heterocycles. The minimum Gasteiger partial charge on any atom is -0.502 e. The van der Waals surface area contributed by atoms with Crippen LogP contribution in [0.2, 0.25) is 0 Å². The molecule has 6 rings (SSSR count). The first-order valence-corrected chi connectivity index (χ1v) is 15.7. The summed E-state index contributed by atoms with van der Waals surface area (Å²) in [6.07, 6.45) is 1.12. The van der Waals surface area contributed by atoms with Crippen LogP contribution in [0, 0.1) is 11.8 Å². The topological polar surface area (TPSA) is 98.7 Å². The van der Waals surface area contributed by atoms with Gasteiger partial charge in [-0.25, -0.2) is 0 Å². The third-order valence-electron chi connectivity index (χ3n) is 8.06. The molecule has 0 amide bonds. The highest BCUT2D eigenvalue weighted by Crippen LogP contribution is 2.60. The first kappa shape index (κ1) is 26.7. The Hall–Kier alpha value is -2.47. The summed E-state index contributed by atoms with van der Waals surface area (Å²) in [5, 5.41) is 14.0. The van der Waals surface area contributed by atoms with Gasteiger partial charge < -0.3 is 39.0 Å². The van der Waals surface area contributed by atoms with Gasteiger partial charge in [0.05, 0.1) is 26.7 Å². The predicted molar refractivity (Wildman–Crippen MR) is 150 cm³/mol. The number of phenols is 1. The van der Waals surface area contributed by atoms with Crippen LogP contribution in [-0.2, 0) is 9.53 Å². The standard InChI is InChI=1S/C28H34N2O7S2/c1-33-22-10-16(11-23(34-2)26(22)31)24-17-12-20-21(37-15-36-20)13-18(17)27(19-14-35-28(32)25(19)24)39-38-9-3-6-30-7-4-29-5-8-30/h10-13,19,24-25,27,29,31H,3-9,14-15H2,1-2H3/t19-,24+,25-,27+/m0/s1. The van der Waals surface area contributed by atoms with Crippen molar-refractivity contribution < 1.29 is 33.6 Å². The van der Waals surface area contributed by atoms with Crippen molar-refractivity contribution in [2.24, 2.45) is 11.8 Å². The number of carbonyl (C=O) groups is 1. The Morgan fingerprint density at radius 3 is 2.41 bits per heavy atom. The van der Waals surface area contributed by atoms with Crippen LogP contribution in [0.5, 0.6) is 28.7 Å². The average Bonchev–Trinajstić information content (AvgIpc) is 3.58. The monoisotopic (exact) mass is 574 g/mol. The van der Waals surface area contributed by atoms with E-state index in [2.05, 4.69) is 16.3 Å². The molecule has 0 spiro atoms. The molecule has 2 saturated heterocycles. The van der Waals surface area contributed by atoms with Gasteiger partial charge in [0, 0.05) is 49.0 Å². The Bertz CT molecular complexity index is 1200. The Balaban J connectivity index is 1.32. The molecule has 3 heterocycles.